The highest BCUT2D eigenvalue weighted by molar-refractivity contribution is 5.37. The van der Waals surface area contributed by atoms with Gasteiger partial charge in [0.15, 0.2) is 5.65 Å². The van der Waals surface area contributed by atoms with Crippen molar-refractivity contribution in [2.75, 3.05) is 26.2 Å². The minimum Gasteiger partial charge on any atom is -0.312 e. The van der Waals surface area contributed by atoms with Crippen LogP contribution in [0, 0.1) is 5.92 Å². The lowest BCUT2D eigenvalue weighted by Gasteiger charge is -2.43. The van der Waals surface area contributed by atoms with E-state index < -0.39 is 0 Å². The third kappa shape index (κ3) is 3.17. The number of nitrogens with zero attached hydrogens (tertiary/aromatic N) is 6. The molecule has 0 unspecified atom stereocenters. The predicted molar refractivity (Wildman–Crippen MR) is 114 cm³/mol. The number of pyridine rings is 2. The number of fused-ring (bicyclic) bond motifs is 5. The fourth-order valence-corrected chi connectivity index (χ4v) is 5.77. The van der Waals surface area contributed by atoms with Crippen LogP contribution in [0.1, 0.15) is 42.1 Å². The van der Waals surface area contributed by atoms with Gasteiger partial charge in [-0.25, -0.2) is 9.50 Å². The van der Waals surface area contributed by atoms with Crippen LogP contribution in [0.25, 0.3) is 5.65 Å². The summed E-state index contributed by atoms with van der Waals surface area (Å²) in [6.07, 6.45) is 5.32. The lowest BCUT2D eigenvalue weighted by molar-refractivity contribution is 0.112. The molecular formula is C23H28N6O. The Morgan fingerprint density at radius 2 is 1.87 bits per heavy atom. The first-order chi connectivity index (χ1) is 14.7. The maximum atomic E-state index is 13.2. The maximum absolute atomic E-state index is 13.2. The molecule has 7 nitrogen and oxygen atoms in total. The Labute approximate surface area is 175 Å². The highest BCUT2D eigenvalue weighted by Crippen LogP contribution is 2.35. The van der Waals surface area contributed by atoms with E-state index in [4.69, 9.17) is 0 Å². The molecule has 6 rings (SSSR count). The Morgan fingerprint density at radius 3 is 2.77 bits per heavy atom. The van der Waals surface area contributed by atoms with Gasteiger partial charge in [-0.3, -0.25) is 14.6 Å². The van der Waals surface area contributed by atoms with Crippen molar-refractivity contribution < 1.29 is 0 Å². The van der Waals surface area contributed by atoms with Gasteiger partial charge in [0.05, 0.1) is 5.69 Å². The summed E-state index contributed by atoms with van der Waals surface area (Å²) in [6.45, 7) is 6.80. The number of hydrogen-bond donors (Lipinski definition) is 0. The Morgan fingerprint density at radius 1 is 0.967 bits per heavy atom. The molecule has 3 aliphatic rings. The van der Waals surface area contributed by atoms with E-state index in [0.717, 1.165) is 57.0 Å². The van der Waals surface area contributed by atoms with Gasteiger partial charge in [-0.2, -0.15) is 5.10 Å². The molecule has 3 aromatic heterocycles. The molecule has 6 heterocycles. The molecule has 30 heavy (non-hydrogen) atoms. The van der Waals surface area contributed by atoms with E-state index in [-0.39, 0.29) is 5.56 Å². The van der Waals surface area contributed by atoms with Crippen molar-refractivity contribution in [3.05, 3.63) is 64.0 Å². The van der Waals surface area contributed by atoms with E-state index in [2.05, 4.69) is 48.7 Å². The summed E-state index contributed by atoms with van der Waals surface area (Å²) in [7, 11) is 0. The molecule has 3 aromatic rings. The Hall–Kier alpha value is -2.51. The van der Waals surface area contributed by atoms with Crippen LogP contribution in [0.5, 0.6) is 0 Å². The van der Waals surface area contributed by atoms with Gasteiger partial charge in [0.2, 0.25) is 0 Å². The third-order valence-electron chi connectivity index (χ3n) is 7.12. The summed E-state index contributed by atoms with van der Waals surface area (Å²) in [5, 5.41) is 4.39. The number of hydrogen-bond acceptors (Lipinski definition) is 5. The van der Waals surface area contributed by atoms with Crippen LogP contribution in [0.3, 0.4) is 0 Å². The fourth-order valence-electron chi connectivity index (χ4n) is 5.77. The standard InChI is InChI=1S/C23H28N6O/c30-23-18(13-26-8-1-2-9-26)6-7-21-19-10-17(12-28(21)23)11-27(14-19)15-20-4-3-5-22-24-16-25-29(20)22/h3-7,16-17,19H,1-2,8-15H2/t17-,19+/m0/s1. The van der Waals surface area contributed by atoms with E-state index in [0.29, 0.717) is 11.8 Å². The zero-order chi connectivity index (χ0) is 20.1. The van der Waals surface area contributed by atoms with E-state index in [1.165, 1.54) is 30.7 Å². The highest BCUT2D eigenvalue weighted by Gasteiger charge is 2.35. The third-order valence-corrected chi connectivity index (χ3v) is 7.12. The first kappa shape index (κ1) is 18.3. The molecule has 0 aromatic carbocycles. The van der Waals surface area contributed by atoms with Crippen LogP contribution >= 0.6 is 0 Å². The van der Waals surface area contributed by atoms with Crippen LogP contribution in [-0.4, -0.2) is 55.1 Å². The molecule has 0 radical (unpaired) electrons. The summed E-state index contributed by atoms with van der Waals surface area (Å²) in [6, 6.07) is 10.5. The average Bonchev–Trinajstić information content (AvgIpc) is 3.43. The fraction of sp³-hybridized carbons (Fsp3) is 0.522. The molecule has 0 saturated carbocycles. The molecule has 0 aliphatic carbocycles. The van der Waals surface area contributed by atoms with Gasteiger partial charge in [-0.15, -0.1) is 0 Å². The number of rotatable bonds is 4. The molecule has 0 N–H and O–H groups in total. The molecule has 3 aliphatic heterocycles. The van der Waals surface area contributed by atoms with Crippen molar-refractivity contribution in [2.45, 2.75) is 44.8 Å². The molecule has 2 bridgehead atoms. The zero-order valence-electron chi connectivity index (χ0n) is 17.3. The van der Waals surface area contributed by atoms with Crippen molar-refractivity contribution in [2.24, 2.45) is 5.92 Å². The van der Waals surface area contributed by atoms with Crippen LogP contribution in [0.15, 0.2) is 41.5 Å². The molecule has 0 spiro atoms. The summed E-state index contributed by atoms with van der Waals surface area (Å²) in [5.74, 6) is 0.965. The van der Waals surface area contributed by atoms with E-state index in [9.17, 15) is 4.79 Å². The summed E-state index contributed by atoms with van der Waals surface area (Å²) in [5.41, 5.74) is 4.51. The first-order valence-corrected chi connectivity index (χ1v) is 11.2. The zero-order valence-corrected chi connectivity index (χ0v) is 17.3. The summed E-state index contributed by atoms with van der Waals surface area (Å²) >= 11 is 0. The largest absolute Gasteiger partial charge is 0.312 e. The van der Waals surface area contributed by atoms with Crippen LogP contribution in [-0.2, 0) is 19.6 Å². The topological polar surface area (TPSA) is 58.7 Å². The highest BCUT2D eigenvalue weighted by atomic mass is 16.1. The van der Waals surface area contributed by atoms with Gasteiger partial charge in [-0.05, 0) is 56.5 Å². The van der Waals surface area contributed by atoms with Crippen molar-refractivity contribution in [1.29, 1.82) is 0 Å². The van der Waals surface area contributed by atoms with Crippen molar-refractivity contribution in [3.63, 3.8) is 0 Å². The van der Waals surface area contributed by atoms with Crippen molar-refractivity contribution >= 4 is 5.65 Å². The van der Waals surface area contributed by atoms with Gasteiger partial charge < -0.3 is 4.57 Å². The Balaban J connectivity index is 1.24. The normalized spacial score (nSPS) is 24.4. The second-order valence-electron chi connectivity index (χ2n) is 9.22. The van der Waals surface area contributed by atoms with Crippen LogP contribution in [0.2, 0.25) is 0 Å². The van der Waals surface area contributed by atoms with Crippen LogP contribution in [0.4, 0.5) is 0 Å². The van der Waals surface area contributed by atoms with Crippen molar-refractivity contribution in [1.82, 2.24) is 29.0 Å². The molecule has 2 atom stereocenters. The van der Waals surface area contributed by atoms with Gasteiger partial charge in [0.25, 0.3) is 5.56 Å². The van der Waals surface area contributed by atoms with Gasteiger partial charge in [-0.1, -0.05) is 12.1 Å². The minimum atomic E-state index is 0.245. The lowest BCUT2D eigenvalue weighted by atomic mass is 9.83. The van der Waals surface area contributed by atoms with Crippen LogP contribution < -0.4 is 5.56 Å². The monoisotopic (exact) mass is 404 g/mol. The SMILES string of the molecule is O=c1c(CN2CCCC2)ccc2n1C[C@H]1C[C@@H]2CN(Cc2cccc3ncnn23)C1. The summed E-state index contributed by atoms with van der Waals surface area (Å²) < 4.78 is 4.03. The average molecular weight is 405 g/mol. The van der Waals surface area contributed by atoms with E-state index >= 15 is 0 Å². The molecule has 2 fully saturated rings. The van der Waals surface area contributed by atoms with Crippen molar-refractivity contribution in [3.8, 4) is 0 Å². The predicted octanol–water partition coefficient (Wildman–Crippen LogP) is 2.11. The van der Waals surface area contributed by atoms with E-state index in [1.54, 1.807) is 6.33 Å². The molecule has 156 valence electrons. The molecule has 0 amide bonds. The maximum Gasteiger partial charge on any atom is 0.255 e. The van der Waals surface area contributed by atoms with Gasteiger partial charge >= 0.3 is 0 Å². The van der Waals surface area contributed by atoms with Gasteiger partial charge in [0.1, 0.15) is 6.33 Å². The molecular weight excluding hydrogens is 376 g/mol. The van der Waals surface area contributed by atoms with Gasteiger partial charge in [0, 0.05) is 49.9 Å². The Bertz CT molecular complexity index is 1130. The number of piperidine rings is 1. The quantitative estimate of drug-likeness (QED) is 0.667. The number of likely N-dealkylation sites (tertiary alicyclic amines) is 2. The smallest absolute Gasteiger partial charge is 0.255 e. The molecule has 2 saturated heterocycles. The minimum absolute atomic E-state index is 0.245. The lowest BCUT2D eigenvalue weighted by Crippen LogP contribution is -2.47. The first-order valence-electron chi connectivity index (χ1n) is 11.2. The second-order valence-corrected chi connectivity index (χ2v) is 9.22. The Kier molecular flexibility index (Phi) is 4.46. The molecule has 7 heteroatoms. The second kappa shape index (κ2) is 7.32. The summed E-state index contributed by atoms with van der Waals surface area (Å²) in [4.78, 5) is 22.5. The number of aromatic nitrogens is 4. The van der Waals surface area contributed by atoms with E-state index in [1.807, 2.05) is 10.6 Å².